The predicted molar refractivity (Wildman–Crippen MR) is 81.9 cm³/mol. The van der Waals surface area contributed by atoms with Gasteiger partial charge in [-0.05, 0) is 25.1 Å². The van der Waals surface area contributed by atoms with Crippen LogP contribution >= 0.6 is 0 Å². The first-order chi connectivity index (χ1) is 10.5. The van der Waals surface area contributed by atoms with Gasteiger partial charge >= 0.3 is 5.97 Å². The summed E-state index contributed by atoms with van der Waals surface area (Å²) >= 11 is 0. The Kier molecular flexibility index (Phi) is 5.07. The summed E-state index contributed by atoms with van der Waals surface area (Å²) in [5.74, 6) is -0.615. The lowest BCUT2D eigenvalue weighted by Gasteiger charge is -2.10. The third-order valence-corrected chi connectivity index (χ3v) is 4.63. The van der Waals surface area contributed by atoms with E-state index in [0.29, 0.717) is 23.7 Å². The summed E-state index contributed by atoms with van der Waals surface area (Å²) in [6.45, 7) is 0.651. The van der Waals surface area contributed by atoms with Crippen LogP contribution in [0.2, 0.25) is 0 Å². The maximum absolute atomic E-state index is 12.4. The topological polar surface area (TPSA) is 111 Å². The van der Waals surface area contributed by atoms with Gasteiger partial charge < -0.3 is 10.5 Å². The van der Waals surface area contributed by atoms with Gasteiger partial charge in [-0.2, -0.15) is 0 Å². The first-order valence-corrected chi connectivity index (χ1v) is 8.15. The Morgan fingerprint density at radius 2 is 2.09 bits per heavy atom. The number of rotatable bonds is 6. The molecule has 0 saturated carbocycles. The Bertz CT molecular complexity index is 790. The smallest absolute Gasteiger partial charge is 0.357 e. The average molecular weight is 323 g/mol. The molecule has 1 aromatic carbocycles. The van der Waals surface area contributed by atoms with E-state index < -0.39 is 16.0 Å². The first-order valence-electron chi connectivity index (χ1n) is 6.67. The van der Waals surface area contributed by atoms with E-state index >= 15 is 0 Å². The molecule has 0 saturated heterocycles. The van der Waals surface area contributed by atoms with E-state index in [4.69, 9.17) is 5.73 Å². The molecule has 2 aromatic rings. The fraction of sp³-hybridized carbons (Fsp3) is 0.286. The van der Waals surface area contributed by atoms with E-state index in [1.165, 1.54) is 19.4 Å². The van der Waals surface area contributed by atoms with Gasteiger partial charge in [0, 0.05) is 23.5 Å². The summed E-state index contributed by atoms with van der Waals surface area (Å²) in [6.07, 6.45) is 1.92. The van der Waals surface area contributed by atoms with E-state index in [9.17, 15) is 13.2 Å². The van der Waals surface area contributed by atoms with E-state index in [2.05, 4.69) is 14.4 Å². The summed E-state index contributed by atoms with van der Waals surface area (Å²) in [4.78, 5) is 15.8. The van der Waals surface area contributed by atoms with Crippen molar-refractivity contribution in [3.05, 3.63) is 36.2 Å². The lowest BCUT2D eigenvalue weighted by atomic mass is 10.1. The number of hydrogen-bond acceptors (Lipinski definition) is 6. The van der Waals surface area contributed by atoms with Crippen molar-refractivity contribution < 1.29 is 17.9 Å². The van der Waals surface area contributed by atoms with Gasteiger partial charge in [-0.3, -0.25) is 0 Å². The Labute approximate surface area is 128 Å². The van der Waals surface area contributed by atoms with Gasteiger partial charge in [-0.25, -0.2) is 22.9 Å². The SMILES string of the molecule is COC(=O)c1nccc2c(S(=O)(=O)NCCCN)cccc12. The zero-order valence-electron chi connectivity index (χ0n) is 12.1. The maximum atomic E-state index is 12.4. The molecule has 7 nitrogen and oxygen atoms in total. The number of hydrogen-bond donors (Lipinski definition) is 2. The van der Waals surface area contributed by atoms with Crippen molar-refractivity contribution in [1.82, 2.24) is 9.71 Å². The van der Waals surface area contributed by atoms with Gasteiger partial charge in [0.05, 0.1) is 12.0 Å². The molecule has 0 spiro atoms. The summed E-state index contributed by atoms with van der Waals surface area (Å²) in [6, 6.07) is 6.23. The van der Waals surface area contributed by atoms with Crippen LogP contribution in [-0.4, -0.2) is 39.6 Å². The Morgan fingerprint density at radius 3 is 2.77 bits per heavy atom. The van der Waals surface area contributed by atoms with Gasteiger partial charge in [-0.1, -0.05) is 12.1 Å². The van der Waals surface area contributed by atoms with E-state index in [1.54, 1.807) is 18.2 Å². The molecule has 8 heteroatoms. The second-order valence-corrected chi connectivity index (χ2v) is 6.28. The molecule has 0 aliphatic carbocycles. The normalized spacial score (nSPS) is 11.5. The second-order valence-electron chi connectivity index (χ2n) is 4.54. The number of benzene rings is 1. The minimum atomic E-state index is -3.69. The standard InChI is InChI=1S/C14H17N3O4S/c1-21-14(18)13-11-4-2-5-12(10(11)6-9-16-13)22(19,20)17-8-3-7-15/h2,4-6,9,17H,3,7-8,15H2,1H3. The van der Waals surface area contributed by atoms with Crippen LogP contribution in [0.4, 0.5) is 0 Å². The predicted octanol–water partition coefficient (Wildman–Crippen LogP) is 0.649. The zero-order valence-corrected chi connectivity index (χ0v) is 12.9. The van der Waals surface area contributed by atoms with Crippen LogP contribution in [0.25, 0.3) is 10.8 Å². The van der Waals surface area contributed by atoms with Crippen molar-refractivity contribution in [2.24, 2.45) is 5.73 Å². The largest absolute Gasteiger partial charge is 0.464 e. The number of esters is 1. The summed E-state index contributed by atoms with van der Waals surface area (Å²) < 4.78 is 31.9. The van der Waals surface area contributed by atoms with Crippen LogP contribution in [0.3, 0.4) is 0 Å². The number of nitrogens with zero attached hydrogens (tertiary/aromatic N) is 1. The van der Waals surface area contributed by atoms with Crippen LogP contribution < -0.4 is 10.5 Å². The summed E-state index contributed by atoms with van der Waals surface area (Å²) in [5, 5.41) is 0.842. The van der Waals surface area contributed by atoms with Gasteiger partial charge in [-0.15, -0.1) is 0 Å². The van der Waals surface area contributed by atoms with Crippen LogP contribution in [-0.2, 0) is 14.8 Å². The quantitative estimate of drug-likeness (QED) is 0.596. The maximum Gasteiger partial charge on any atom is 0.357 e. The third kappa shape index (κ3) is 3.24. The fourth-order valence-corrected chi connectivity index (χ4v) is 3.35. The molecule has 22 heavy (non-hydrogen) atoms. The molecule has 1 aromatic heterocycles. The van der Waals surface area contributed by atoms with E-state index in [-0.39, 0.29) is 17.1 Å². The Morgan fingerprint density at radius 1 is 1.32 bits per heavy atom. The van der Waals surface area contributed by atoms with Crippen molar-refractivity contribution in [3.63, 3.8) is 0 Å². The highest BCUT2D eigenvalue weighted by molar-refractivity contribution is 7.89. The van der Waals surface area contributed by atoms with Crippen molar-refractivity contribution in [1.29, 1.82) is 0 Å². The molecule has 0 radical (unpaired) electrons. The number of fused-ring (bicyclic) bond motifs is 1. The van der Waals surface area contributed by atoms with Crippen LogP contribution in [0.5, 0.6) is 0 Å². The molecule has 0 aliphatic heterocycles. The molecule has 0 atom stereocenters. The highest BCUT2D eigenvalue weighted by Crippen LogP contribution is 2.24. The highest BCUT2D eigenvalue weighted by Gasteiger charge is 2.20. The first kappa shape index (κ1) is 16.3. The molecule has 1 heterocycles. The number of nitrogens with two attached hydrogens (primary N) is 1. The lowest BCUT2D eigenvalue weighted by Crippen LogP contribution is -2.26. The summed E-state index contributed by atoms with van der Waals surface area (Å²) in [7, 11) is -2.45. The second kappa shape index (κ2) is 6.82. The van der Waals surface area contributed by atoms with Crippen LogP contribution in [0, 0.1) is 0 Å². The highest BCUT2D eigenvalue weighted by atomic mass is 32.2. The van der Waals surface area contributed by atoms with Crippen molar-refractivity contribution >= 4 is 26.8 Å². The third-order valence-electron chi connectivity index (χ3n) is 3.11. The van der Waals surface area contributed by atoms with Gasteiger partial charge in [0.1, 0.15) is 0 Å². The van der Waals surface area contributed by atoms with Crippen LogP contribution in [0.15, 0.2) is 35.4 Å². The molecule has 0 unspecified atom stereocenters. The minimum Gasteiger partial charge on any atom is -0.464 e. The van der Waals surface area contributed by atoms with Gasteiger partial charge in [0.2, 0.25) is 10.0 Å². The molecule has 0 fully saturated rings. The van der Waals surface area contributed by atoms with E-state index in [1.807, 2.05) is 0 Å². The molecule has 0 amide bonds. The number of nitrogens with one attached hydrogen (secondary N) is 1. The summed E-state index contributed by atoms with van der Waals surface area (Å²) in [5.41, 5.74) is 5.44. The monoisotopic (exact) mass is 323 g/mol. The number of aromatic nitrogens is 1. The number of methoxy groups -OCH3 is 1. The lowest BCUT2D eigenvalue weighted by molar-refractivity contribution is 0.0596. The fourth-order valence-electron chi connectivity index (χ4n) is 2.06. The van der Waals surface area contributed by atoms with E-state index in [0.717, 1.165) is 0 Å². The number of sulfonamides is 1. The van der Waals surface area contributed by atoms with Crippen molar-refractivity contribution in [2.45, 2.75) is 11.3 Å². The average Bonchev–Trinajstić information content (AvgIpc) is 2.53. The number of pyridine rings is 1. The number of carbonyl (C=O) groups is 1. The Balaban J connectivity index is 2.55. The molecule has 3 N–H and O–H groups in total. The molecular weight excluding hydrogens is 306 g/mol. The van der Waals surface area contributed by atoms with Crippen molar-refractivity contribution in [3.8, 4) is 0 Å². The van der Waals surface area contributed by atoms with Crippen molar-refractivity contribution in [2.75, 3.05) is 20.2 Å². The molecule has 118 valence electrons. The number of carbonyl (C=O) groups excluding carboxylic acids is 1. The van der Waals surface area contributed by atoms with Gasteiger partial charge in [0.15, 0.2) is 5.69 Å². The molecular formula is C14H17N3O4S. The Hall–Kier alpha value is -2.03. The minimum absolute atomic E-state index is 0.0824. The number of ether oxygens (including phenoxy) is 1. The molecule has 2 rings (SSSR count). The van der Waals surface area contributed by atoms with Crippen LogP contribution in [0.1, 0.15) is 16.9 Å². The molecule has 0 bridgehead atoms. The zero-order chi connectivity index (χ0) is 16.2. The van der Waals surface area contributed by atoms with Gasteiger partial charge in [0.25, 0.3) is 0 Å². The molecule has 0 aliphatic rings.